The highest BCUT2D eigenvalue weighted by Crippen LogP contribution is 2.21. The minimum Gasteiger partial charge on any atom is -0.253 e. The lowest BCUT2D eigenvalue weighted by Gasteiger charge is -2.05. The molecule has 0 fully saturated rings. The summed E-state index contributed by atoms with van der Waals surface area (Å²) in [5, 5.41) is 4.42. The van der Waals surface area contributed by atoms with E-state index in [0.717, 1.165) is 28.0 Å². The molecule has 80 valence electrons. The molecule has 17 heavy (non-hydrogen) atoms. The van der Waals surface area contributed by atoms with Gasteiger partial charge in [0.25, 0.3) is 0 Å². The Hall–Kier alpha value is -2.22. The predicted octanol–water partition coefficient (Wildman–Crippen LogP) is 1.53. The first-order valence-corrected chi connectivity index (χ1v) is 5.76. The van der Waals surface area contributed by atoms with Gasteiger partial charge in [-0.2, -0.15) is 0 Å². The number of allylic oxidation sites excluding steroid dienone is 2. The number of para-hydroxylation sites is 1. The van der Waals surface area contributed by atoms with Crippen molar-refractivity contribution < 1.29 is 0 Å². The third-order valence-electron chi connectivity index (χ3n) is 3.32. The summed E-state index contributed by atoms with van der Waals surface area (Å²) in [7, 11) is 0. The van der Waals surface area contributed by atoms with Crippen molar-refractivity contribution in [1.82, 2.24) is 4.98 Å². The first-order chi connectivity index (χ1) is 8.43. The van der Waals surface area contributed by atoms with Gasteiger partial charge in [0.1, 0.15) is 0 Å². The number of hydrogen-bond donors (Lipinski definition) is 0. The molecule has 0 radical (unpaired) electrons. The number of aromatic nitrogens is 1. The van der Waals surface area contributed by atoms with Crippen molar-refractivity contribution in [3.8, 4) is 0 Å². The van der Waals surface area contributed by atoms with E-state index in [9.17, 15) is 0 Å². The molecule has 2 aromatic rings. The van der Waals surface area contributed by atoms with Gasteiger partial charge in [-0.15, -0.1) is 0 Å². The first-order valence-electron chi connectivity index (χ1n) is 5.76. The highest BCUT2D eigenvalue weighted by molar-refractivity contribution is 5.55. The zero-order chi connectivity index (χ0) is 11.2. The van der Waals surface area contributed by atoms with Crippen molar-refractivity contribution in [2.75, 3.05) is 0 Å². The third-order valence-corrected chi connectivity index (χ3v) is 3.32. The topological polar surface area (TPSA) is 25.2 Å². The largest absolute Gasteiger partial charge is 0.253 e. The molecule has 2 heterocycles. The van der Waals surface area contributed by atoms with Crippen LogP contribution in [0.4, 0.5) is 5.69 Å². The molecule has 1 aliphatic heterocycles. The summed E-state index contributed by atoms with van der Waals surface area (Å²) >= 11 is 0. The summed E-state index contributed by atoms with van der Waals surface area (Å²) in [5.74, 6) is 0. The van der Waals surface area contributed by atoms with Crippen LogP contribution >= 0.6 is 0 Å². The van der Waals surface area contributed by atoms with Gasteiger partial charge in [0.2, 0.25) is 0 Å². The van der Waals surface area contributed by atoms with E-state index in [-0.39, 0.29) is 0 Å². The lowest BCUT2D eigenvalue weighted by atomic mass is 10.0. The van der Waals surface area contributed by atoms with Crippen LogP contribution in [0.2, 0.25) is 0 Å². The van der Waals surface area contributed by atoms with Gasteiger partial charge in [0.15, 0.2) is 0 Å². The summed E-state index contributed by atoms with van der Waals surface area (Å²) < 4.78 is 0. The normalized spacial score (nSPS) is 14.4. The van der Waals surface area contributed by atoms with Gasteiger partial charge in [-0.3, -0.25) is 4.98 Å². The number of nitrogens with zero attached hydrogens (tertiary/aromatic N) is 2. The van der Waals surface area contributed by atoms with Crippen molar-refractivity contribution >= 4 is 11.8 Å². The Morgan fingerprint density at radius 3 is 3.06 bits per heavy atom. The summed E-state index contributed by atoms with van der Waals surface area (Å²) in [6.45, 7) is 0. The standard InChI is InChI=1S/C15H10N2/c1-2-6-11-10(5-1)9-16-14-12-7-3-4-8-13(12)17-15(11)14/h1-5,7-9H,6H2. The first kappa shape index (κ1) is 8.88. The number of rotatable bonds is 0. The number of fused-ring (bicyclic) bond motifs is 4. The van der Waals surface area contributed by atoms with Crippen LogP contribution in [0.25, 0.3) is 6.08 Å². The van der Waals surface area contributed by atoms with Gasteiger partial charge in [0.05, 0.1) is 16.4 Å². The molecular formula is C15H10N2. The molecule has 0 amide bonds. The Balaban J connectivity index is 2.27. The van der Waals surface area contributed by atoms with Crippen molar-refractivity contribution in [2.24, 2.45) is 4.99 Å². The zero-order valence-electron chi connectivity index (χ0n) is 9.22. The second kappa shape index (κ2) is 3.14. The smallest absolute Gasteiger partial charge is 0.0983 e. The van der Waals surface area contributed by atoms with Crippen LogP contribution in [0, 0.1) is 10.6 Å². The molecule has 0 N–H and O–H groups in total. The Morgan fingerprint density at radius 2 is 2.06 bits per heavy atom. The molecule has 2 aliphatic rings. The van der Waals surface area contributed by atoms with Crippen LogP contribution in [0.15, 0.2) is 47.6 Å². The van der Waals surface area contributed by atoms with Gasteiger partial charge in [-0.1, -0.05) is 36.4 Å². The van der Waals surface area contributed by atoms with Crippen molar-refractivity contribution in [3.05, 3.63) is 69.3 Å². The van der Waals surface area contributed by atoms with Crippen LogP contribution in [0.5, 0.6) is 0 Å². The number of hydrogen-bond acceptors (Lipinski definition) is 2. The molecule has 2 heteroatoms. The molecule has 0 saturated heterocycles. The molecule has 0 atom stereocenters. The Labute approximate surface area is 98.0 Å². The Bertz CT molecular complexity index is 861. The maximum Gasteiger partial charge on any atom is 0.0983 e. The predicted molar refractivity (Wildman–Crippen MR) is 66.1 cm³/mol. The van der Waals surface area contributed by atoms with E-state index in [4.69, 9.17) is 4.99 Å². The van der Waals surface area contributed by atoms with E-state index in [1.165, 1.54) is 10.8 Å². The maximum absolute atomic E-state index is 4.71. The maximum atomic E-state index is 4.71. The number of benzene rings is 1. The average Bonchev–Trinajstić information content (AvgIpc) is 2.78. The van der Waals surface area contributed by atoms with Gasteiger partial charge in [-0.25, -0.2) is 4.99 Å². The minimum atomic E-state index is 0.953. The molecule has 2 nitrogen and oxygen atoms in total. The van der Waals surface area contributed by atoms with E-state index in [2.05, 4.69) is 29.3 Å². The van der Waals surface area contributed by atoms with E-state index < -0.39 is 0 Å². The Morgan fingerprint density at radius 1 is 1.12 bits per heavy atom. The molecule has 0 bridgehead atoms. The van der Waals surface area contributed by atoms with Gasteiger partial charge < -0.3 is 0 Å². The van der Waals surface area contributed by atoms with E-state index in [1.807, 2.05) is 24.4 Å². The van der Waals surface area contributed by atoms with Crippen molar-refractivity contribution in [2.45, 2.75) is 6.42 Å². The highest BCUT2D eigenvalue weighted by Gasteiger charge is 2.11. The fraction of sp³-hybridized carbons (Fsp3) is 0.0667. The average molecular weight is 218 g/mol. The lowest BCUT2D eigenvalue weighted by Crippen LogP contribution is -2.11. The summed E-state index contributed by atoms with van der Waals surface area (Å²) in [6.07, 6.45) is 9.26. The van der Waals surface area contributed by atoms with Crippen molar-refractivity contribution in [1.29, 1.82) is 0 Å². The van der Waals surface area contributed by atoms with E-state index >= 15 is 0 Å². The molecule has 0 saturated carbocycles. The Kier molecular flexibility index (Phi) is 1.64. The molecule has 1 aliphatic carbocycles. The summed E-state index contributed by atoms with van der Waals surface area (Å²) in [6, 6.07) is 8.20. The fourth-order valence-corrected chi connectivity index (χ4v) is 2.48. The molecule has 0 spiro atoms. The second-order valence-electron chi connectivity index (χ2n) is 4.32. The molecule has 1 aromatic carbocycles. The highest BCUT2D eigenvalue weighted by atomic mass is 14.8. The second-order valence-corrected chi connectivity index (χ2v) is 4.32. The SMILES string of the molecule is C1=CCc2c3c(ncc2=C1)=c1ccccc1=N3. The minimum absolute atomic E-state index is 0.953. The zero-order valence-corrected chi connectivity index (χ0v) is 9.22. The van der Waals surface area contributed by atoms with Gasteiger partial charge in [-0.05, 0) is 23.3 Å². The number of pyridine rings is 1. The molecule has 1 aromatic heterocycles. The summed E-state index contributed by atoms with van der Waals surface area (Å²) in [4.78, 5) is 9.27. The quantitative estimate of drug-likeness (QED) is 0.561. The summed E-state index contributed by atoms with van der Waals surface area (Å²) in [5.41, 5.74) is 2.36. The molecule has 4 rings (SSSR count). The fourth-order valence-electron chi connectivity index (χ4n) is 2.48. The van der Waals surface area contributed by atoms with Crippen LogP contribution in [-0.4, -0.2) is 4.98 Å². The third kappa shape index (κ3) is 1.15. The molecular weight excluding hydrogens is 208 g/mol. The van der Waals surface area contributed by atoms with Crippen LogP contribution in [0.1, 0.15) is 5.56 Å². The van der Waals surface area contributed by atoms with Crippen LogP contribution in [-0.2, 0) is 6.42 Å². The van der Waals surface area contributed by atoms with Gasteiger partial charge >= 0.3 is 0 Å². The van der Waals surface area contributed by atoms with Crippen LogP contribution in [0.3, 0.4) is 0 Å². The van der Waals surface area contributed by atoms with Crippen LogP contribution < -0.4 is 10.6 Å². The van der Waals surface area contributed by atoms with Gasteiger partial charge in [0, 0.05) is 11.4 Å². The lowest BCUT2D eigenvalue weighted by molar-refractivity contribution is 1.13. The molecule has 0 unspecified atom stereocenters. The van der Waals surface area contributed by atoms with E-state index in [1.54, 1.807) is 0 Å². The van der Waals surface area contributed by atoms with E-state index in [0.29, 0.717) is 0 Å². The van der Waals surface area contributed by atoms with Crippen molar-refractivity contribution in [3.63, 3.8) is 0 Å². The monoisotopic (exact) mass is 218 g/mol.